The van der Waals surface area contributed by atoms with Crippen LogP contribution < -0.4 is 10.5 Å². The first-order valence-corrected chi connectivity index (χ1v) is 8.10. The van der Waals surface area contributed by atoms with Gasteiger partial charge >= 0.3 is 0 Å². The van der Waals surface area contributed by atoms with E-state index < -0.39 is 10.0 Å². The van der Waals surface area contributed by atoms with Gasteiger partial charge in [-0.05, 0) is 37.6 Å². The number of thiophene rings is 1. The molecule has 0 fully saturated rings. The lowest BCUT2D eigenvalue weighted by molar-refractivity contribution is 0.402. The first kappa shape index (κ1) is 14.3. The van der Waals surface area contributed by atoms with Crippen LogP contribution in [0.25, 0.3) is 0 Å². The maximum atomic E-state index is 11.0. The van der Waals surface area contributed by atoms with Crippen molar-refractivity contribution >= 4 is 21.4 Å². The second-order valence-electron chi connectivity index (χ2n) is 4.32. The van der Waals surface area contributed by atoms with Crippen molar-refractivity contribution in [3.63, 3.8) is 0 Å². The van der Waals surface area contributed by atoms with Crippen molar-refractivity contribution in [2.45, 2.75) is 32.0 Å². The molecule has 0 bridgehead atoms. The predicted molar refractivity (Wildman–Crippen MR) is 74.4 cm³/mol. The van der Waals surface area contributed by atoms with Crippen LogP contribution in [-0.2, 0) is 23.1 Å². The Morgan fingerprint density at radius 3 is 2.58 bits per heavy atom. The summed E-state index contributed by atoms with van der Waals surface area (Å²) in [6.07, 6.45) is 0. The molecule has 2 heterocycles. The van der Waals surface area contributed by atoms with E-state index in [-0.39, 0.29) is 5.09 Å². The van der Waals surface area contributed by atoms with Crippen LogP contribution in [0.4, 0.5) is 0 Å². The van der Waals surface area contributed by atoms with E-state index in [9.17, 15) is 8.42 Å². The minimum atomic E-state index is -3.75. The number of hydrogen-bond donors (Lipinski definition) is 2. The van der Waals surface area contributed by atoms with Gasteiger partial charge in [0.1, 0.15) is 5.76 Å². The average molecular weight is 300 g/mol. The minimum absolute atomic E-state index is 0.202. The third-order valence-electron chi connectivity index (χ3n) is 2.73. The molecule has 0 unspecified atom stereocenters. The maximum Gasteiger partial charge on any atom is 0.271 e. The highest BCUT2D eigenvalue weighted by Gasteiger charge is 2.12. The molecule has 2 aromatic rings. The van der Waals surface area contributed by atoms with Crippen molar-refractivity contribution in [3.8, 4) is 0 Å². The minimum Gasteiger partial charge on any atom is -0.447 e. The topological polar surface area (TPSA) is 85.3 Å². The summed E-state index contributed by atoms with van der Waals surface area (Å²) in [5, 5.41) is 7.97. The number of hydrogen-bond acceptors (Lipinski definition) is 5. The molecular weight excluding hydrogens is 284 g/mol. The molecule has 104 valence electrons. The van der Waals surface area contributed by atoms with E-state index in [4.69, 9.17) is 9.56 Å². The Kier molecular flexibility index (Phi) is 4.10. The maximum absolute atomic E-state index is 11.0. The van der Waals surface area contributed by atoms with Crippen molar-refractivity contribution in [2.75, 3.05) is 0 Å². The summed E-state index contributed by atoms with van der Waals surface area (Å²) in [7, 11) is -3.75. The molecular formula is C12H16N2O3S2. The molecule has 3 N–H and O–H groups in total. The van der Waals surface area contributed by atoms with Crippen molar-refractivity contribution in [3.05, 3.63) is 39.3 Å². The third-order valence-corrected chi connectivity index (χ3v) is 4.67. The van der Waals surface area contributed by atoms with E-state index in [1.165, 1.54) is 21.4 Å². The molecule has 0 aliphatic rings. The Morgan fingerprint density at radius 2 is 2.05 bits per heavy atom. The second-order valence-corrected chi connectivity index (χ2v) is 7.15. The lowest BCUT2D eigenvalue weighted by atomic mass is 10.3. The smallest absolute Gasteiger partial charge is 0.271 e. The summed E-state index contributed by atoms with van der Waals surface area (Å²) in [6, 6.07) is 5.12. The van der Waals surface area contributed by atoms with E-state index in [0.29, 0.717) is 12.3 Å². The van der Waals surface area contributed by atoms with Gasteiger partial charge in [0.25, 0.3) is 10.0 Å². The molecule has 0 radical (unpaired) electrons. The number of rotatable bonds is 5. The van der Waals surface area contributed by atoms with Crippen molar-refractivity contribution < 1.29 is 12.8 Å². The van der Waals surface area contributed by atoms with Gasteiger partial charge in [0.05, 0.1) is 6.54 Å². The lowest BCUT2D eigenvalue weighted by Crippen LogP contribution is -2.12. The Bertz CT molecular complexity index is 651. The molecule has 0 aromatic carbocycles. The van der Waals surface area contributed by atoms with E-state index in [0.717, 1.165) is 6.54 Å². The fourth-order valence-electron chi connectivity index (χ4n) is 1.65. The highest BCUT2D eigenvalue weighted by molar-refractivity contribution is 7.89. The monoisotopic (exact) mass is 300 g/mol. The van der Waals surface area contributed by atoms with Gasteiger partial charge in [-0.3, -0.25) is 0 Å². The number of aryl methyl sites for hydroxylation is 2. The van der Waals surface area contributed by atoms with Gasteiger partial charge < -0.3 is 9.73 Å². The summed E-state index contributed by atoms with van der Waals surface area (Å²) < 4.78 is 27.2. The summed E-state index contributed by atoms with van der Waals surface area (Å²) in [4.78, 5) is 2.56. The van der Waals surface area contributed by atoms with Crippen molar-refractivity contribution in [2.24, 2.45) is 5.14 Å². The summed E-state index contributed by atoms with van der Waals surface area (Å²) in [6.45, 7) is 5.37. The van der Waals surface area contributed by atoms with E-state index >= 15 is 0 Å². The fraction of sp³-hybridized carbons (Fsp3) is 0.333. The second kappa shape index (κ2) is 5.46. The molecule has 7 heteroatoms. The highest BCUT2D eigenvalue weighted by Crippen LogP contribution is 2.20. The van der Waals surface area contributed by atoms with Gasteiger partial charge in [-0.1, -0.05) is 0 Å². The molecule has 0 saturated carbocycles. The van der Waals surface area contributed by atoms with Gasteiger partial charge in [-0.2, -0.15) is 0 Å². The first-order valence-electron chi connectivity index (χ1n) is 5.74. The normalized spacial score (nSPS) is 11.9. The predicted octanol–water partition coefficient (Wildman–Crippen LogP) is 1.90. The quantitative estimate of drug-likeness (QED) is 0.883. The average Bonchev–Trinajstić information content (AvgIpc) is 2.87. The zero-order valence-corrected chi connectivity index (χ0v) is 12.4. The largest absolute Gasteiger partial charge is 0.447 e. The van der Waals surface area contributed by atoms with Gasteiger partial charge in [-0.15, -0.1) is 11.3 Å². The zero-order valence-electron chi connectivity index (χ0n) is 10.8. The van der Waals surface area contributed by atoms with Crippen LogP contribution in [0.1, 0.15) is 21.1 Å². The van der Waals surface area contributed by atoms with E-state index in [1.807, 2.05) is 0 Å². The third kappa shape index (κ3) is 3.66. The number of furan rings is 1. The Hall–Kier alpha value is -1.15. The Morgan fingerprint density at radius 1 is 1.32 bits per heavy atom. The number of sulfonamides is 1. The lowest BCUT2D eigenvalue weighted by Gasteiger charge is -2.00. The highest BCUT2D eigenvalue weighted by atomic mass is 32.2. The van der Waals surface area contributed by atoms with Crippen LogP contribution >= 0.6 is 11.3 Å². The van der Waals surface area contributed by atoms with E-state index in [1.54, 1.807) is 17.4 Å². The van der Waals surface area contributed by atoms with E-state index in [2.05, 4.69) is 25.2 Å². The van der Waals surface area contributed by atoms with Crippen molar-refractivity contribution in [1.29, 1.82) is 0 Å². The first-order chi connectivity index (χ1) is 8.86. The van der Waals surface area contributed by atoms with Gasteiger partial charge in [0.2, 0.25) is 5.09 Å². The Labute approximate surface area is 116 Å². The van der Waals surface area contributed by atoms with Gasteiger partial charge in [-0.25, -0.2) is 13.6 Å². The molecule has 2 aromatic heterocycles. The van der Waals surface area contributed by atoms with Crippen LogP contribution in [0.3, 0.4) is 0 Å². The standard InChI is InChI=1S/C12H16N2O3S2/c1-8-5-11(18-9(8)2)7-14-6-10-3-4-12(17-10)19(13,15)16/h3-5,14H,6-7H2,1-2H3,(H2,13,15,16). The van der Waals surface area contributed by atoms with Crippen LogP contribution in [-0.4, -0.2) is 8.42 Å². The fourth-order valence-corrected chi connectivity index (χ4v) is 3.16. The molecule has 0 atom stereocenters. The molecule has 0 aliphatic heterocycles. The summed E-state index contributed by atoms with van der Waals surface area (Å²) in [5.41, 5.74) is 1.29. The molecule has 0 aliphatic carbocycles. The number of nitrogens with one attached hydrogen (secondary N) is 1. The molecule has 5 nitrogen and oxygen atoms in total. The number of nitrogens with two attached hydrogens (primary N) is 1. The molecule has 0 saturated heterocycles. The van der Waals surface area contributed by atoms with Gasteiger partial charge in [0.15, 0.2) is 0 Å². The zero-order chi connectivity index (χ0) is 14.0. The molecule has 2 rings (SSSR count). The van der Waals surface area contributed by atoms with Crippen LogP contribution in [0.5, 0.6) is 0 Å². The Balaban J connectivity index is 1.91. The van der Waals surface area contributed by atoms with Crippen LogP contribution in [0.15, 0.2) is 27.7 Å². The van der Waals surface area contributed by atoms with Gasteiger partial charge in [0, 0.05) is 16.3 Å². The van der Waals surface area contributed by atoms with Crippen LogP contribution in [0, 0.1) is 13.8 Å². The molecule has 0 spiro atoms. The molecule has 19 heavy (non-hydrogen) atoms. The summed E-state index contributed by atoms with van der Waals surface area (Å²) in [5.74, 6) is 0.550. The van der Waals surface area contributed by atoms with Crippen LogP contribution in [0.2, 0.25) is 0 Å². The summed E-state index contributed by atoms with van der Waals surface area (Å²) >= 11 is 1.75. The molecule has 0 amide bonds. The number of primary sulfonamides is 1. The van der Waals surface area contributed by atoms with Crippen molar-refractivity contribution in [1.82, 2.24) is 5.32 Å². The SMILES string of the molecule is Cc1cc(CNCc2ccc(S(N)(=O)=O)o2)sc1C.